The zero-order chi connectivity index (χ0) is 17.1. The third kappa shape index (κ3) is 3.87. The van der Waals surface area contributed by atoms with E-state index in [2.05, 4.69) is 21.2 Å². The topological polar surface area (TPSA) is 55.4 Å². The van der Waals surface area contributed by atoms with Gasteiger partial charge in [0.05, 0.1) is 5.69 Å². The van der Waals surface area contributed by atoms with Gasteiger partial charge >= 0.3 is 5.97 Å². The number of halogens is 1. The van der Waals surface area contributed by atoms with Gasteiger partial charge in [-0.05, 0) is 72.3 Å². The fraction of sp³-hybridized carbons (Fsp3) is 0.333. The summed E-state index contributed by atoms with van der Waals surface area (Å²) in [6.07, 6.45) is 3.54. The standard InChI is InChI=1S/C18H18BrNO3S/c1-11(17(21)20-14-8-4-3-7-13(14)19)23-18(22)16-10-12-6-2-5-9-15(12)24-16/h3-4,7-8,10-11H,2,5-6,9H2,1H3,(H,20,21). The molecule has 0 radical (unpaired) electrons. The van der Waals surface area contributed by atoms with Gasteiger partial charge in [-0.2, -0.15) is 0 Å². The average Bonchev–Trinajstić information content (AvgIpc) is 3.01. The number of esters is 1. The third-order valence-electron chi connectivity index (χ3n) is 3.98. The molecule has 0 saturated carbocycles. The number of amides is 1. The summed E-state index contributed by atoms with van der Waals surface area (Å²) in [4.78, 5) is 26.4. The Labute approximate surface area is 153 Å². The van der Waals surface area contributed by atoms with Gasteiger partial charge in [0.2, 0.25) is 0 Å². The lowest BCUT2D eigenvalue weighted by Gasteiger charge is -2.13. The fourth-order valence-corrected chi connectivity index (χ4v) is 4.18. The molecule has 6 heteroatoms. The molecule has 1 aromatic heterocycles. The molecule has 1 heterocycles. The number of ether oxygens (including phenoxy) is 1. The molecule has 2 aromatic rings. The van der Waals surface area contributed by atoms with Gasteiger partial charge in [-0.15, -0.1) is 11.3 Å². The van der Waals surface area contributed by atoms with Crippen LogP contribution in [0.4, 0.5) is 5.69 Å². The quantitative estimate of drug-likeness (QED) is 0.754. The predicted octanol–water partition coefficient (Wildman–Crippen LogP) is 4.57. The van der Waals surface area contributed by atoms with E-state index < -0.39 is 12.1 Å². The summed E-state index contributed by atoms with van der Waals surface area (Å²) in [5, 5.41) is 2.76. The van der Waals surface area contributed by atoms with E-state index in [0.717, 1.165) is 17.3 Å². The van der Waals surface area contributed by atoms with Gasteiger partial charge in [0, 0.05) is 9.35 Å². The first-order chi connectivity index (χ1) is 11.5. The largest absolute Gasteiger partial charge is 0.448 e. The highest BCUT2D eigenvalue weighted by Crippen LogP contribution is 2.30. The number of carbonyl (C=O) groups excluding carboxylic acids is 2. The van der Waals surface area contributed by atoms with Gasteiger partial charge in [-0.3, -0.25) is 4.79 Å². The van der Waals surface area contributed by atoms with Crippen molar-refractivity contribution < 1.29 is 14.3 Å². The van der Waals surface area contributed by atoms with E-state index in [1.54, 1.807) is 13.0 Å². The normalized spacial score (nSPS) is 14.6. The van der Waals surface area contributed by atoms with Crippen molar-refractivity contribution in [2.45, 2.75) is 38.7 Å². The van der Waals surface area contributed by atoms with Crippen molar-refractivity contribution in [3.05, 3.63) is 50.1 Å². The molecular formula is C18H18BrNO3S. The van der Waals surface area contributed by atoms with Crippen LogP contribution in [0.25, 0.3) is 0 Å². The second-order valence-corrected chi connectivity index (χ2v) is 7.77. The average molecular weight is 408 g/mol. The first-order valence-corrected chi connectivity index (χ1v) is 9.53. The Morgan fingerprint density at radius 2 is 2.00 bits per heavy atom. The Kier molecular flexibility index (Phi) is 5.36. The number of fused-ring (bicyclic) bond motifs is 1. The summed E-state index contributed by atoms with van der Waals surface area (Å²) in [5.41, 5.74) is 1.90. The molecule has 1 aliphatic rings. The number of aryl methyl sites for hydroxylation is 2. The lowest BCUT2D eigenvalue weighted by Crippen LogP contribution is -2.29. The summed E-state index contributed by atoms with van der Waals surface area (Å²) < 4.78 is 6.11. The lowest BCUT2D eigenvalue weighted by atomic mass is 9.99. The van der Waals surface area contributed by atoms with E-state index in [0.29, 0.717) is 10.6 Å². The molecule has 1 aromatic carbocycles. The molecule has 126 valence electrons. The second kappa shape index (κ2) is 7.49. The number of para-hydroxylation sites is 1. The van der Waals surface area contributed by atoms with Gasteiger partial charge in [0.1, 0.15) is 4.88 Å². The maximum absolute atomic E-state index is 12.3. The van der Waals surface area contributed by atoms with Crippen LogP contribution >= 0.6 is 27.3 Å². The van der Waals surface area contributed by atoms with E-state index in [4.69, 9.17) is 4.74 Å². The number of hydrogen-bond acceptors (Lipinski definition) is 4. The van der Waals surface area contributed by atoms with Crippen LogP contribution in [-0.2, 0) is 22.4 Å². The van der Waals surface area contributed by atoms with E-state index in [1.807, 2.05) is 24.3 Å². The van der Waals surface area contributed by atoms with E-state index in [9.17, 15) is 9.59 Å². The first kappa shape index (κ1) is 17.2. The Morgan fingerprint density at radius 3 is 2.75 bits per heavy atom. The van der Waals surface area contributed by atoms with Crippen LogP contribution in [0.2, 0.25) is 0 Å². The minimum atomic E-state index is -0.858. The number of hydrogen-bond donors (Lipinski definition) is 1. The number of thiophene rings is 1. The van der Waals surface area contributed by atoms with Crippen molar-refractivity contribution in [2.24, 2.45) is 0 Å². The summed E-state index contributed by atoms with van der Waals surface area (Å²) in [7, 11) is 0. The zero-order valence-corrected chi connectivity index (χ0v) is 15.7. The van der Waals surface area contributed by atoms with Crippen molar-refractivity contribution in [1.82, 2.24) is 0 Å². The molecule has 0 aliphatic heterocycles. The SMILES string of the molecule is CC(OC(=O)c1cc2c(s1)CCCC2)C(=O)Nc1ccccc1Br. The van der Waals surface area contributed by atoms with Crippen LogP contribution in [0.5, 0.6) is 0 Å². The minimum absolute atomic E-state index is 0.350. The summed E-state index contributed by atoms with van der Waals surface area (Å²) in [6, 6.07) is 9.22. The molecule has 0 fully saturated rings. The van der Waals surface area contributed by atoms with Crippen molar-refractivity contribution in [3.8, 4) is 0 Å². The maximum atomic E-state index is 12.3. The van der Waals surface area contributed by atoms with E-state index >= 15 is 0 Å². The predicted molar refractivity (Wildman–Crippen MR) is 98.6 cm³/mol. The monoisotopic (exact) mass is 407 g/mol. The molecule has 24 heavy (non-hydrogen) atoms. The minimum Gasteiger partial charge on any atom is -0.448 e. The van der Waals surface area contributed by atoms with Crippen LogP contribution in [-0.4, -0.2) is 18.0 Å². The lowest BCUT2D eigenvalue weighted by molar-refractivity contribution is -0.123. The van der Waals surface area contributed by atoms with Crippen LogP contribution in [0.1, 0.15) is 39.9 Å². The molecule has 1 N–H and O–H groups in total. The molecule has 0 bridgehead atoms. The fourth-order valence-electron chi connectivity index (χ4n) is 2.66. The summed E-state index contributed by atoms with van der Waals surface area (Å²) >= 11 is 4.86. The number of nitrogens with one attached hydrogen (secondary N) is 1. The Bertz CT molecular complexity index is 748. The Balaban J connectivity index is 1.62. The number of carbonyl (C=O) groups is 2. The third-order valence-corrected chi connectivity index (χ3v) is 5.89. The van der Waals surface area contributed by atoms with Crippen LogP contribution in [0.3, 0.4) is 0 Å². The molecule has 1 atom stereocenters. The molecule has 1 aliphatic carbocycles. The molecule has 1 unspecified atom stereocenters. The van der Waals surface area contributed by atoms with Crippen LogP contribution < -0.4 is 5.32 Å². The molecular weight excluding hydrogens is 390 g/mol. The molecule has 0 spiro atoms. The Morgan fingerprint density at radius 1 is 1.25 bits per heavy atom. The van der Waals surface area contributed by atoms with Crippen molar-refractivity contribution in [3.63, 3.8) is 0 Å². The van der Waals surface area contributed by atoms with Crippen molar-refractivity contribution >= 4 is 44.8 Å². The van der Waals surface area contributed by atoms with E-state index in [1.165, 1.54) is 34.6 Å². The smallest absolute Gasteiger partial charge is 0.349 e. The molecule has 4 nitrogen and oxygen atoms in total. The molecule has 3 rings (SSSR count). The van der Waals surface area contributed by atoms with Crippen molar-refractivity contribution in [2.75, 3.05) is 5.32 Å². The maximum Gasteiger partial charge on any atom is 0.349 e. The highest BCUT2D eigenvalue weighted by molar-refractivity contribution is 9.10. The van der Waals surface area contributed by atoms with Crippen LogP contribution in [0, 0.1) is 0 Å². The highest BCUT2D eigenvalue weighted by atomic mass is 79.9. The van der Waals surface area contributed by atoms with Crippen LogP contribution in [0.15, 0.2) is 34.8 Å². The summed E-state index contributed by atoms with van der Waals surface area (Å²) in [6.45, 7) is 1.58. The van der Waals surface area contributed by atoms with Gasteiger partial charge in [0.25, 0.3) is 5.91 Å². The molecule has 1 amide bonds. The Hall–Kier alpha value is -1.66. The summed E-state index contributed by atoms with van der Waals surface area (Å²) in [5.74, 6) is -0.777. The first-order valence-electron chi connectivity index (χ1n) is 7.92. The van der Waals surface area contributed by atoms with Gasteiger partial charge in [-0.25, -0.2) is 4.79 Å². The zero-order valence-electron chi connectivity index (χ0n) is 13.3. The van der Waals surface area contributed by atoms with Crippen molar-refractivity contribution in [1.29, 1.82) is 0 Å². The number of benzene rings is 1. The van der Waals surface area contributed by atoms with Gasteiger partial charge in [-0.1, -0.05) is 12.1 Å². The van der Waals surface area contributed by atoms with Gasteiger partial charge < -0.3 is 10.1 Å². The molecule has 0 saturated heterocycles. The highest BCUT2D eigenvalue weighted by Gasteiger charge is 2.23. The number of rotatable bonds is 4. The second-order valence-electron chi connectivity index (χ2n) is 5.78. The van der Waals surface area contributed by atoms with E-state index in [-0.39, 0.29) is 5.91 Å². The number of anilines is 1. The van der Waals surface area contributed by atoms with Gasteiger partial charge in [0.15, 0.2) is 6.10 Å².